The second kappa shape index (κ2) is 9.13. The molecule has 1 heterocycles. The van der Waals surface area contributed by atoms with E-state index in [-0.39, 0.29) is 0 Å². The van der Waals surface area contributed by atoms with Gasteiger partial charge in [-0.3, -0.25) is 0 Å². The van der Waals surface area contributed by atoms with Crippen LogP contribution in [0.5, 0.6) is 0 Å². The van der Waals surface area contributed by atoms with Crippen molar-refractivity contribution in [3.63, 3.8) is 0 Å². The van der Waals surface area contributed by atoms with Crippen molar-refractivity contribution in [2.45, 2.75) is 61.3 Å². The Hall–Kier alpha value is -1.12. The minimum atomic E-state index is 0.370. The van der Waals surface area contributed by atoms with Gasteiger partial charge in [0.2, 0.25) is 5.95 Å². The lowest BCUT2D eigenvalue weighted by atomic mass is 10.0. The number of hydrogen-bond acceptors (Lipinski definition) is 3. The Morgan fingerprint density at radius 3 is 1.44 bits per heavy atom. The molecule has 0 aliphatic heterocycles. The maximum absolute atomic E-state index is 5.51. The molecule has 0 saturated heterocycles. The number of aromatic nitrogens is 2. The molecule has 0 aliphatic rings. The summed E-state index contributed by atoms with van der Waals surface area (Å²) in [6, 6.07) is 0. The van der Waals surface area contributed by atoms with Gasteiger partial charge in [-0.25, -0.2) is 9.97 Å². The first-order valence-electron chi connectivity index (χ1n) is 6.13. The average Bonchev–Trinajstić information content (AvgIpc) is 2.21. The third-order valence-electron chi connectivity index (χ3n) is 1.92. The highest BCUT2D eigenvalue weighted by molar-refractivity contribution is 5.32. The van der Waals surface area contributed by atoms with Gasteiger partial charge in [-0.2, -0.15) is 0 Å². The summed E-state index contributed by atoms with van der Waals surface area (Å²) < 4.78 is 0. The number of aryl methyl sites for hydroxylation is 2. The van der Waals surface area contributed by atoms with Gasteiger partial charge in [0.15, 0.2) is 0 Å². The summed E-state index contributed by atoms with van der Waals surface area (Å²) in [5.41, 5.74) is 8.71. The highest BCUT2D eigenvalue weighted by atomic mass is 15.0. The van der Waals surface area contributed by atoms with Crippen LogP contribution in [0.25, 0.3) is 0 Å². The van der Waals surface area contributed by atoms with Crippen molar-refractivity contribution in [2.24, 2.45) is 0 Å². The molecule has 1 rings (SSSR count). The molecule has 1 aromatic heterocycles. The van der Waals surface area contributed by atoms with E-state index in [1.165, 1.54) is 5.56 Å². The quantitative estimate of drug-likeness (QED) is 0.789. The second-order valence-corrected chi connectivity index (χ2v) is 3.32. The highest BCUT2D eigenvalue weighted by Crippen LogP contribution is 2.20. The van der Waals surface area contributed by atoms with Crippen LogP contribution >= 0.6 is 0 Å². The SMILES string of the molecule is CC.CC.Cc1nc(N)nc(C)c1C(C)C. The predicted molar refractivity (Wildman–Crippen MR) is 72.7 cm³/mol. The van der Waals surface area contributed by atoms with Gasteiger partial charge in [0.1, 0.15) is 0 Å². The Bertz CT molecular complexity index is 270. The monoisotopic (exact) mass is 225 g/mol. The first kappa shape index (κ1) is 17.3. The number of nitrogen functional groups attached to an aromatic ring is 1. The zero-order chi connectivity index (χ0) is 13.3. The first-order chi connectivity index (χ1) is 7.52. The lowest BCUT2D eigenvalue weighted by Gasteiger charge is -2.11. The number of rotatable bonds is 1. The van der Waals surface area contributed by atoms with E-state index in [0.29, 0.717) is 11.9 Å². The van der Waals surface area contributed by atoms with Gasteiger partial charge in [-0.15, -0.1) is 0 Å². The number of anilines is 1. The van der Waals surface area contributed by atoms with Gasteiger partial charge in [0, 0.05) is 11.4 Å². The Morgan fingerprint density at radius 1 is 0.875 bits per heavy atom. The summed E-state index contributed by atoms with van der Waals surface area (Å²) in [4.78, 5) is 8.24. The minimum Gasteiger partial charge on any atom is -0.368 e. The van der Waals surface area contributed by atoms with Gasteiger partial charge in [-0.1, -0.05) is 41.5 Å². The van der Waals surface area contributed by atoms with Crippen LogP contribution in [-0.4, -0.2) is 9.97 Å². The van der Waals surface area contributed by atoms with E-state index in [1.54, 1.807) is 0 Å². The van der Waals surface area contributed by atoms with E-state index < -0.39 is 0 Å². The molecule has 0 aliphatic carbocycles. The Balaban J connectivity index is 0. The first-order valence-corrected chi connectivity index (χ1v) is 6.13. The van der Waals surface area contributed by atoms with Crippen molar-refractivity contribution in [3.8, 4) is 0 Å². The Labute approximate surface area is 101 Å². The predicted octanol–water partition coefficient (Wildman–Crippen LogP) is 3.85. The maximum Gasteiger partial charge on any atom is 0.220 e. The molecule has 1 aromatic rings. The van der Waals surface area contributed by atoms with Gasteiger partial charge < -0.3 is 5.73 Å². The van der Waals surface area contributed by atoms with Gasteiger partial charge >= 0.3 is 0 Å². The molecular formula is C13H27N3. The summed E-state index contributed by atoms with van der Waals surface area (Å²) in [6.45, 7) is 16.2. The Morgan fingerprint density at radius 2 is 1.19 bits per heavy atom. The summed E-state index contributed by atoms with van der Waals surface area (Å²) in [7, 11) is 0. The molecule has 3 nitrogen and oxygen atoms in total. The topological polar surface area (TPSA) is 51.8 Å². The molecule has 3 heteroatoms. The maximum atomic E-state index is 5.51. The fourth-order valence-corrected chi connectivity index (χ4v) is 1.59. The molecule has 94 valence electrons. The molecule has 0 unspecified atom stereocenters. The zero-order valence-corrected chi connectivity index (χ0v) is 12.0. The fourth-order valence-electron chi connectivity index (χ4n) is 1.59. The van der Waals surface area contributed by atoms with Gasteiger partial charge in [0.05, 0.1) is 0 Å². The number of nitrogens with two attached hydrogens (primary N) is 1. The summed E-state index contributed by atoms with van der Waals surface area (Å²) in [6.07, 6.45) is 0. The van der Waals surface area contributed by atoms with Crippen LogP contribution in [0.15, 0.2) is 0 Å². The van der Waals surface area contributed by atoms with Gasteiger partial charge in [0.25, 0.3) is 0 Å². The third-order valence-corrected chi connectivity index (χ3v) is 1.92. The molecule has 0 saturated carbocycles. The van der Waals surface area contributed by atoms with Crippen LogP contribution < -0.4 is 5.73 Å². The third kappa shape index (κ3) is 5.10. The Kier molecular flexibility index (Phi) is 9.86. The molecule has 0 radical (unpaired) electrons. The van der Waals surface area contributed by atoms with Crippen LogP contribution in [0, 0.1) is 13.8 Å². The summed E-state index contributed by atoms with van der Waals surface area (Å²) >= 11 is 0. The second-order valence-electron chi connectivity index (χ2n) is 3.32. The van der Waals surface area contributed by atoms with Crippen molar-refractivity contribution in [1.29, 1.82) is 0 Å². The molecule has 0 amide bonds. The van der Waals surface area contributed by atoms with E-state index in [2.05, 4.69) is 23.8 Å². The summed E-state index contributed by atoms with van der Waals surface area (Å²) in [5, 5.41) is 0. The van der Waals surface area contributed by atoms with Crippen molar-refractivity contribution >= 4 is 5.95 Å². The van der Waals surface area contributed by atoms with Crippen LogP contribution in [0.4, 0.5) is 5.95 Å². The van der Waals surface area contributed by atoms with E-state index in [1.807, 2.05) is 41.5 Å². The summed E-state index contributed by atoms with van der Waals surface area (Å²) in [5.74, 6) is 0.833. The van der Waals surface area contributed by atoms with E-state index >= 15 is 0 Å². The molecule has 0 aromatic carbocycles. The largest absolute Gasteiger partial charge is 0.368 e. The molecule has 0 fully saturated rings. The molecular weight excluding hydrogens is 198 g/mol. The normalized spacial score (nSPS) is 8.81. The molecule has 0 atom stereocenters. The molecule has 16 heavy (non-hydrogen) atoms. The van der Waals surface area contributed by atoms with Crippen LogP contribution in [0.3, 0.4) is 0 Å². The molecule has 0 spiro atoms. The smallest absolute Gasteiger partial charge is 0.220 e. The molecule has 2 N–H and O–H groups in total. The zero-order valence-electron chi connectivity index (χ0n) is 12.0. The van der Waals surface area contributed by atoms with Crippen molar-refractivity contribution in [2.75, 3.05) is 5.73 Å². The van der Waals surface area contributed by atoms with Crippen LogP contribution in [-0.2, 0) is 0 Å². The van der Waals surface area contributed by atoms with Crippen molar-refractivity contribution in [3.05, 3.63) is 17.0 Å². The van der Waals surface area contributed by atoms with Crippen molar-refractivity contribution in [1.82, 2.24) is 9.97 Å². The van der Waals surface area contributed by atoms with Gasteiger partial charge in [-0.05, 0) is 25.3 Å². The fraction of sp³-hybridized carbons (Fsp3) is 0.692. The molecule has 0 bridgehead atoms. The van der Waals surface area contributed by atoms with Crippen LogP contribution in [0.1, 0.15) is 64.4 Å². The van der Waals surface area contributed by atoms with Crippen LogP contribution in [0.2, 0.25) is 0 Å². The van der Waals surface area contributed by atoms with Crippen molar-refractivity contribution < 1.29 is 0 Å². The lowest BCUT2D eigenvalue weighted by molar-refractivity contribution is 0.815. The van der Waals surface area contributed by atoms with E-state index in [0.717, 1.165) is 11.4 Å². The standard InChI is InChI=1S/C9H15N3.2C2H6/c1-5(2)8-6(3)11-9(10)12-7(8)4;2*1-2/h5H,1-4H3,(H2,10,11,12);2*1-2H3. The van der Waals surface area contributed by atoms with E-state index in [9.17, 15) is 0 Å². The highest BCUT2D eigenvalue weighted by Gasteiger charge is 2.09. The number of hydrogen-bond donors (Lipinski definition) is 1. The lowest BCUT2D eigenvalue weighted by Crippen LogP contribution is -2.05. The average molecular weight is 225 g/mol. The van der Waals surface area contributed by atoms with E-state index in [4.69, 9.17) is 5.73 Å². The minimum absolute atomic E-state index is 0.370. The number of nitrogens with zero attached hydrogens (tertiary/aromatic N) is 2.